The number of fused-ring (bicyclic) bond motifs is 1. The second-order valence-electron chi connectivity index (χ2n) is 5.65. The fourth-order valence-electron chi connectivity index (χ4n) is 2.66. The van der Waals surface area contributed by atoms with E-state index in [1.165, 1.54) is 0 Å². The number of hydrogen-bond acceptors (Lipinski definition) is 6. The van der Waals surface area contributed by atoms with Gasteiger partial charge in [0.1, 0.15) is 17.3 Å². The number of aromatic nitrogens is 2. The van der Waals surface area contributed by atoms with Crippen molar-refractivity contribution in [3.8, 4) is 11.5 Å². The smallest absolute Gasteiger partial charge is 0.148 e. The van der Waals surface area contributed by atoms with E-state index in [0.717, 1.165) is 16.7 Å². The van der Waals surface area contributed by atoms with Gasteiger partial charge in [-0.25, -0.2) is 9.97 Å². The van der Waals surface area contributed by atoms with Crippen LogP contribution in [0.25, 0.3) is 11.0 Å². The number of ether oxygens (including phenoxy) is 2. The SMILES string of the molecule is COc1ccc(OC)c([C@@H](O)CNc2nc3ccccc3nc2C)c1. The van der Waals surface area contributed by atoms with Gasteiger partial charge in [0.15, 0.2) is 0 Å². The zero-order valence-electron chi connectivity index (χ0n) is 14.5. The largest absolute Gasteiger partial charge is 0.497 e. The predicted molar refractivity (Wildman–Crippen MR) is 97.3 cm³/mol. The lowest BCUT2D eigenvalue weighted by Gasteiger charge is -2.17. The highest BCUT2D eigenvalue weighted by molar-refractivity contribution is 5.76. The number of benzene rings is 2. The Morgan fingerprint density at radius 1 is 1.04 bits per heavy atom. The molecular formula is C19H21N3O3. The zero-order valence-corrected chi connectivity index (χ0v) is 14.5. The van der Waals surface area contributed by atoms with E-state index in [1.807, 2.05) is 31.2 Å². The number of anilines is 1. The van der Waals surface area contributed by atoms with Gasteiger partial charge in [0.25, 0.3) is 0 Å². The highest BCUT2D eigenvalue weighted by Gasteiger charge is 2.15. The Kier molecular flexibility index (Phi) is 5.00. The van der Waals surface area contributed by atoms with E-state index in [4.69, 9.17) is 9.47 Å². The van der Waals surface area contributed by atoms with Crippen LogP contribution < -0.4 is 14.8 Å². The van der Waals surface area contributed by atoms with Crippen LogP contribution in [0.1, 0.15) is 17.4 Å². The first-order valence-electron chi connectivity index (χ1n) is 7.99. The van der Waals surface area contributed by atoms with Crippen molar-refractivity contribution in [1.29, 1.82) is 0 Å². The molecule has 3 aromatic rings. The highest BCUT2D eigenvalue weighted by atomic mass is 16.5. The molecule has 0 saturated carbocycles. The second-order valence-corrected chi connectivity index (χ2v) is 5.65. The summed E-state index contributed by atoms with van der Waals surface area (Å²) < 4.78 is 10.6. The molecule has 0 aliphatic carbocycles. The van der Waals surface area contributed by atoms with Crippen molar-refractivity contribution in [3.05, 3.63) is 53.7 Å². The van der Waals surface area contributed by atoms with E-state index >= 15 is 0 Å². The Morgan fingerprint density at radius 3 is 2.44 bits per heavy atom. The molecule has 0 fully saturated rings. The van der Waals surface area contributed by atoms with Gasteiger partial charge in [0.05, 0.1) is 37.1 Å². The first-order chi connectivity index (χ1) is 12.1. The van der Waals surface area contributed by atoms with Crippen molar-refractivity contribution in [2.45, 2.75) is 13.0 Å². The molecule has 0 amide bonds. The van der Waals surface area contributed by atoms with E-state index in [2.05, 4.69) is 15.3 Å². The molecule has 6 heteroatoms. The molecule has 0 unspecified atom stereocenters. The topological polar surface area (TPSA) is 76.5 Å². The average Bonchev–Trinajstić information content (AvgIpc) is 2.65. The van der Waals surface area contributed by atoms with E-state index in [1.54, 1.807) is 32.4 Å². The van der Waals surface area contributed by atoms with Crippen LogP contribution in [0.4, 0.5) is 5.82 Å². The summed E-state index contributed by atoms with van der Waals surface area (Å²) in [5.74, 6) is 1.92. The summed E-state index contributed by atoms with van der Waals surface area (Å²) in [6, 6.07) is 13.0. The first kappa shape index (κ1) is 17.0. The summed E-state index contributed by atoms with van der Waals surface area (Å²) in [5, 5.41) is 13.7. The van der Waals surface area contributed by atoms with Crippen LogP contribution >= 0.6 is 0 Å². The number of aryl methyl sites for hydroxylation is 1. The number of methoxy groups -OCH3 is 2. The van der Waals surface area contributed by atoms with Crippen molar-refractivity contribution in [2.24, 2.45) is 0 Å². The minimum atomic E-state index is -0.780. The van der Waals surface area contributed by atoms with Crippen LogP contribution in [0.2, 0.25) is 0 Å². The van der Waals surface area contributed by atoms with Crippen molar-refractivity contribution in [1.82, 2.24) is 9.97 Å². The van der Waals surface area contributed by atoms with Crippen LogP contribution in [0.3, 0.4) is 0 Å². The number of aliphatic hydroxyl groups is 1. The average molecular weight is 339 g/mol. The van der Waals surface area contributed by atoms with Crippen LogP contribution in [0.5, 0.6) is 11.5 Å². The Hall–Kier alpha value is -2.86. The zero-order chi connectivity index (χ0) is 17.8. The molecule has 0 spiro atoms. The van der Waals surface area contributed by atoms with Crippen LogP contribution in [0, 0.1) is 6.92 Å². The van der Waals surface area contributed by atoms with E-state index in [-0.39, 0.29) is 6.54 Å². The van der Waals surface area contributed by atoms with E-state index in [9.17, 15) is 5.11 Å². The third kappa shape index (κ3) is 3.64. The van der Waals surface area contributed by atoms with E-state index < -0.39 is 6.10 Å². The number of aliphatic hydroxyl groups excluding tert-OH is 1. The lowest BCUT2D eigenvalue weighted by Crippen LogP contribution is -2.15. The van der Waals surface area contributed by atoms with Gasteiger partial charge in [-0.2, -0.15) is 0 Å². The maximum Gasteiger partial charge on any atom is 0.148 e. The summed E-state index contributed by atoms with van der Waals surface area (Å²) in [6.45, 7) is 2.16. The molecule has 0 aliphatic rings. The van der Waals surface area contributed by atoms with Crippen molar-refractivity contribution >= 4 is 16.9 Å². The number of nitrogens with zero attached hydrogens (tertiary/aromatic N) is 2. The quantitative estimate of drug-likeness (QED) is 0.719. The molecule has 6 nitrogen and oxygen atoms in total. The Labute approximate surface area is 146 Å². The van der Waals surface area contributed by atoms with Gasteiger partial charge in [-0.3, -0.25) is 0 Å². The maximum absolute atomic E-state index is 10.6. The lowest BCUT2D eigenvalue weighted by atomic mass is 10.1. The van der Waals surface area contributed by atoms with Gasteiger partial charge in [0, 0.05) is 12.1 Å². The van der Waals surface area contributed by atoms with Crippen molar-refractivity contribution in [3.63, 3.8) is 0 Å². The molecule has 1 aromatic heterocycles. The molecule has 1 heterocycles. The molecule has 2 N–H and O–H groups in total. The molecule has 130 valence electrons. The predicted octanol–water partition coefficient (Wildman–Crippen LogP) is 3.10. The third-order valence-electron chi connectivity index (χ3n) is 4.00. The molecule has 2 aromatic carbocycles. The van der Waals surface area contributed by atoms with Gasteiger partial charge in [-0.15, -0.1) is 0 Å². The van der Waals surface area contributed by atoms with Gasteiger partial charge >= 0.3 is 0 Å². The number of hydrogen-bond donors (Lipinski definition) is 2. The molecule has 25 heavy (non-hydrogen) atoms. The minimum Gasteiger partial charge on any atom is -0.497 e. The fraction of sp³-hybridized carbons (Fsp3) is 0.263. The monoisotopic (exact) mass is 339 g/mol. The highest BCUT2D eigenvalue weighted by Crippen LogP contribution is 2.29. The van der Waals surface area contributed by atoms with Crippen LogP contribution in [-0.2, 0) is 0 Å². The second kappa shape index (κ2) is 7.36. The summed E-state index contributed by atoms with van der Waals surface area (Å²) in [7, 11) is 3.16. The van der Waals surface area contributed by atoms with E-state index in [0.29, 0.717) is 22.9 Å². The number of rotatable bonds is 6. The molecule has 0 saturated heterocycles. The van der Waals surface area contributed by atoms with Gasteiger partial charge in [-0.1, -0.05) is 12.1 Å². The van der Waals surface area contributed by atoms with Crippen LogP contribution in [0.15, 0.2) is 42.5 Å². The summed E-state index contributed by atoms with van der Waals surface area (Å²) >= 11 is 0. The summed E-state index contributed by atoms with van der Waals surface area (Å²) in [4.78, 5) is 9.11. The Balaban J connectivity index is 1.80. The normalized spacial score (nSPS) is 12.0. The minimum absolute atomic E-state index is 0.275. The third-order valence-corrected chi connectivity index (χ3v) is 4.00. The summed E-state index contributed by atoms with van der Waals surface area (Å²) in [6.07, 6.45) is -0.780. The molecule has 3 rings (SSSR count). The summed E-state index contributed by atoms with van der Waals surface area (Å²) in [5.41, 5.74) is 3.09. The number of nitrogens with one attached hydrogen (secondary N) is 1. The fourth-order valence-corrected chi connectivity index (χ4v) is 2.66. The van der Waals surface area contributed by atoms with Gasteiger partial charge < -0.3 is 19.9 Å². The Morgan fingerprint density at radius 2 is 1.76 bits per heavy atom. The molecule has 0 bridgehead atoms. The maximum atomic E-state index is 10.6. The molecular weight excluding hydrogens is 318 g/mol. The Bertz CT molecular complexity index is 883. The van der Waals surface area contributed by atoms with Crippen molar-refractivity contribution < 1.29 is 14.6 Å². The molecule has 0 aliphatic heterocycles. The van der Waals surface area contributed by atoms with Crippen molar-refractivity contribution in [2.75, 3.05) is 26.1 Å². The number of para-hydroxylation sites is 2. The lowest BCUT2D eigenvalue weighted by molar-refractivity contribution is 0.186. The molecule has 1 atom stereocenters. The standard InChI is InChI=1S/C19H21N3O3/c1-12-19(22-16-7-5-4-6-15(16)21-12)20-11-17(23)14-10-13(24-2)8-9-18(14)25-3/h4-10,17,23H,11H2,1-3H3,(H,20,22)/t17-/m0/s1. The molecule has 0 radical (unpaired) electrons. The van der Waals surface area contributed by atoms with Gasteiger partial charge in [0.2, 0.25) is 0 Å². The first-order valence-corrected chi connectivity index (χ1v) is 7.99. The van der Waals surface area contributed by atoms with Crippen LogP contribution in [-0.4, -0.2) is 35.8 Å². The van der Waals surface area contributed by atoms with Gasteiger partial charge in [-0.05, 0) is 37.3 Å².